The van der Waals surface area contributed by atoms with Crippen LogP contribution in [0.15, 0.2) is 0 Å². The summed E-state index contributed by atoms with van der Waals surface area (Å²) in [6, 6.07) is 0. The molecule has 2 aliphatic carbocycles. The van der Waals surface area contributed by atoms with E-state index in [2.05, 4.69) is 27.7 Å². The maximum Gasteiger partial charge on any atom is 0.113 e. The summed E-state index contributed by atoms with van der Waals surface area (Å²) in [5, 5.41) is 1.22. The second-order valence-corrected chi connectivity index (χ2v) is 9.77. The highest BCUT2D eigenvalue weighted by Crippen LogP contribution is 2.49. The number of aromatic nitrogens is 1. The maximum absolute atomic E-state index is 6.80. The second kappa shape index (κ2) is 5.06. The fourth-order valence-electron chi connectivity index (χ4n) is 4.58. The van der Waals surface area contributed by atoms with Crippen molar-refractivity contribution in [2.45, 2.75) is 90.0 Å². The van der Waals surface area contributed by atoms with Gasteiger partial charge in [-0.05, 0) is 31.1 Å². The van der Waals surface area contributed by atoms with E-state index >= 15 is 0 Å². The highest BCUT2D eigenvalue weighted by Gasteiger charge is 2.42. The highest BCUT2D eigenvalue weighted by molar-refractivity contribution is 7.12. The van der Waals surface area contributed by atoms with Gasteiger partial charge in [0.05, 0.1) is 11.2 Å². The van der Waals surface area contributed by atoms with E-state index in [4.69, 9.17) is 10.7 Å². The Kier molecular flexibility index (Phi) is 3.73. The van der Waals surface area contributed by atoms with Crippen molar-refractivity contribution in [3.8, 4) is 0 Å². The molecular formula is C18H30N2S. The van der Waals surface area contributed by atoms with Gasteiger partial charge in [0.15, 0.2) is 0 Å². The summed E-state index contributed by atoms with van der Waals surface area (Å²) in [5.74, 6) is 0. The third-order valence-electron chi connectivity index (χ3n) is 5.30. The molecule has 2 aliphatic rings. The van der Waals surface area contributed by atoms with E-state index < -0.39 is 0 Å². The van der Waals surface area contributed by atoms with Crippen molar-refractivity contribution in [2.24, 2.45) is 11.1 Å². The van der Waals surface area contributed by atoms with E-state index in [1.807, 2.05) is 11.3 Å². The van der Waals surface area contributed by atoms with E-state index in [-0.39, 0.29) is 11.0 Å². The first-order chi connectivity index (χ1) is 9.72. The predicted octanol–water partition coefficient (Wildman–Crippen LogP) is 4.90. The minimum atomic E-state index is -0.154. The molecule has 1 heterocycles. The van der Waals surface area contributed by atoms with Crippen LogP contribution < -0.4 is 5.73 Å². The molecule has 21 heavy (non-hydrogen) atoms. The smallest absolute Gasteiger partial charge is 0.113 e. The summed E-state index contributed by atoms with van der Waals surface area (Å²) < 4.78 is 0. The minimum absolute atomic E-state index is 0.154. The van der Waals surface area contributed by atoms with E-state index in [1.54, 1.807) is 0 Å². The topological polar surface area (TPSA) is 38.9 Å². The van der Waals surface area contributed by atoms with Crippen LogP contribution in [0.25, 0.3) is 0 Å². The number of fused-ring (bicyclic) bond motifs is 1. The molecule has 0 aliphatic heterocycles. The molecule has 0 aromatic carbocycles. The van der Waals surface area contributed by atoms with Gasteiger partial charge >= 0.3 is 0 Å². The van der Waals surface area contributed by atoms with Gasteiger partial charge in [-0.2, -0.15) is 0 Å². The lowest BCUT2D eigenvalue weighted by Gasteiger charge is -2.39. The molecule has 0 bridgehead atoms. The number of hydrogen-bond acceptors (Lipinski definition) is 3. The second-order valence-electron chi connectivity index (χ2n) is 8.77. The van der Waals surface area contributed by atoms with Gasteiger partial charge in [0.1, 0.15) is 5.01 Å². The van der Waals surface area contributed by atoms with Crippen molar-refractivity contribution in [2.75, 3.05) is 0 Å². The molecule has 0 spiro atoms. The Hall–Kier alpha value is -0.410. The predicted molar refractivity (Wildman–Crippen MR) is 90.8 cm³/mol. The number of nitrogens with zero attached hydrogens (tertiary/aromatic N) is 1. The number of thiazole rings is 1. The molecule has 0 radical (unpaired) electrons. The summed E-state index contributed by atoms with van der Waals surface area (Å²) in [4.78, 5) is 6.58. The maximum atomic E-state index is 6.80. The van der Waals surface area contributed by atoms with Crippen LogP contribution in [-0.2, 0) is 17.4 Å². The lowest BCUT2D eigenvalue weighted by molar-refractivity contribution is 0.232. The van der Waals surface area contributed by atoms with Gasteiger partial charge in [0.2, 0.25) is 0 Å². The first-order valence-electron chi connectivity index (χ1n) is 8.52. The summed E-state index contributed by atoms with van der Waals surface area (Å²) in [7, 11) is 0. The Morgan fingerprint density at radius 3 is 2.24 bits per heavy atom. The molecule has 0 amide bonds. The lowest BCUT2D eigenvalue weighted by Crippen LogP contribution is -2.36. The molecule has 2 N–H and O–H groups in total. The first kappa shape index (κ1) is 15.5. The van der Waals surface area contributed by atoms with Gasteiger partial charge < -0.3 is 5.73 Å². The zero-order chi connectivity index (χ0) is 15.3. The summed E-state index contributed by atoms with van der Waals surface area (Å²) in [6.07, 6.45) is 9.77. The fraction of sp³-hybridized carbons (Fsp3) is 0.833. The van der Waals surface area contributed by atoms with E-state index in [9.17, 15) is 0 Å². The van der Waals surface area contributed by atoms with Crippen molar-refractivity contribution in [1.82, 2.24) is 4.98 Å². The van der Waals surface area contributed by atoms with Crippen LogP contribution in [0.4, 0.5) is 0 Å². The zero-order valence-electron chi connectivity index (χ0n) is 14.1. The van der Waals surface area contributed by atoms with Crippen LogP contribution in [0.3, 0.4) is 0 Å². The highest BCUT2D eigenvalue weighted by atomic mass is 32.1. The van der Waals surface area contributed by atoms with Gasteiger partial charge in [-0.1, -0.05) is 53.4 Å². The Morgan fingerprint density at radius 1 is 1.00 bits per heavy atom. The Balaban J connectivity index is 1.98. The van der Waals surface area contributed by atoms with Crippen molar-refractivity contribution in [1.29, 1.82) is 0 Å². The molecule has 0 unspecified atom stereocenters. The molecule has 3 heteroatoms. The Morgan fingerprint density at radius 2 is 1.62 bits per heavy atom. The third kappa shape index (κ3) is 2.92. The largest absolute Gasteiger partial charge is 0.319 e. The fourth-order valence-corrected chi connectivity index (χ4v) is 5.92. The molecule has 1 saturated carbocycles. The van der Waals surface area contributed by atoms with Crippen LogP contribution in [0.5, 0.6) is 0 Å². The van der Waals surface area contributed by atoms with Crippen LogP contribution >= 0.6 is 11.3 Å². The van der Waals surface area contributed by atoms with Crippen LogP contribution in [-0.4, -0.2) is 4.98 Å². The number of nitrogens with two attached hydrogens (primary N) is 1. The zero-order valence-corrected chi connectivity index (χ0v) is 14.9. The molecule has 0 saturated heterocycles. The monoisotopic (exact) mass is 306 g/mol. The summed E-state index contributed by atoms with van der Waals surface area (Å²) in [6.45, 7) is 9.51. The average Bonchev–Trinajstić information content (AvgIpc) is 2.64. The Bertz CT molecular complexity index is 519. The summed E-state index contributed by atoms with van der Waals surface area (Å²) >= 11 is 1.92. The van der Waals surface area contributed by atoms with E-state index in [0.29, 0.717) is 5.41 Å². The average molecular weight is 307 g/mol. The molecule has 2 nitrogen and oxygen atoms in total. The quantitative estimate of drug-likeness (QED) is 0.749. The van der Waals surface area contributed by atoms with Crippen molar-refractivity contribution < 1.29 is 0 Å². The van der Waals surface area contributed by atoms with Crippen LogP contribution in [0, 0.1) is 5.41 Å². The lowest BCUT2D eigenvalue weighted by atomic mass is 9.67. The normalized spacial score (nSPS) is 26.9. The van der Waals surface area contributed by atoms with Crippen molar-refractivity contribution in [3.05, 3.63) is 15.6 Å². The molecule has 1 aromatic heterocycles. The third-order valence-corrected chi connectivity index (χ3v) is 6.98. The molecular weight excluding hydrogens is 276 g/mol. The van der Waals surface area contributed by atoms with E-state index in [0.717, 1.165) is 19.3 Å². The SMILES string of the molecule is CC1(C)Cc2nc(C3(N)CCCCCC3)sc2C(C)(C)C1. The van der Waals surface area contributed by atoms with E-state index in [1.165, 1.54) is 47.7 Å². The molecule has 0 atom stereocenters. The van der Waals surface area contributed by atoms with Gasteiger partial charge in [0, 0.05) is 10.3 Å². The minimum Gasteiger partial charge on any atom is -0.319 e. The number of hydrogen-bond donors (Lipinski definition) is 1. The first-order valence-corrected chi connectivity index (χ1v) is 9.33. The van der Waals surface area contributed by atoms with Crippen molar-refractivity contribution in [3.63, 3.8) is 0 Å². The Labute approximate surface area is 133 Å². The van der Waals surface area contributed by atoms with Crippen LogP contribution in [0.1, 0.15) is 88.2 Å². The number of rotatable bonds is 1. The van der Waals surface area contributed by atoms with Gasteiger partial charge in [0.25, 0.3) is 0 Å². The van der Waals surface area contributed by atoms with Gasteiger partial charge in [-0.3, -0.25) is 0 Å². The molecule has 1 fully saturated rings. The molecule has 1 aromatic rings. The van der Waals surface area contributed by atoms with Gasteiger partial charge in [-0.25, -0.2) is 4.98 Å². The van der Waals surface area contributed by atoms with Gasteiger partial charge in [-0.15, -0.1) is 11.3 Å². The molecule has 118 valence electrons. The summed E-state index contributed by atoms with van der Waals surface area (Å²) in [5.41, 5.74) is 8.58. The molecule has 3 rings (SSSR count). The van der Waals surface area contributed by atoms with Crippen LogP contribution in [0.2, 0.25) is 0 Å². The van der Waals surface area contributed by atoms with Crippen molar-refractivity contribution >= 4 is 11.3 Å². The standard InChI is InChI=1S/C18H30N2S/c1-16(2)11-13-14(17(3,4)12-16)21-15(20-13)18(19)9-7-5-6-8-10-18/h5-12,19H2,1-4H3.